The third-order valence-corrected chi connectivity index (χ3v) is 4.20. The lowest BCUT2D eigenvalue weighted by molar-refractivity contribution is 0.0847. The molecule has 0 aromatic heterocycles. The topological polar surface area (TPSA) is 29.3 Å². The molecule has 0 bridgehead atoms. The van der Waals surface area contributed by atoms with Crippen LogP contribution >= 0.6 is 11.6 Å². The average molecular weight is 269 g/mol. The molecule has 0 aliphatic rings. The van der Waals surface area contributed by atoms with Crippen molar-refractivity contribution in [1.82, 2.24) is 4.90 Å². The Bertz CT molecular complexity index is 371. The van der Waals surface area contributed by atoms with Crippen LogP contribution in [0.2, 0.25) is 5.02 Å². The standard InChI is InChI=1S/C15H25ClN2/c1-6-15(3,4)18(5)14(11(2)17)12-7-9-13(16)10-8-12/h7-11,14H,6,17H2,1-5H3. The van der Waals surface area contributed by atoms with Gasteiger partial charge in [0, 0.05) is 22.6 Å². The third-order valence-electron chi connectivity index (χ3n) is 3.95. The second kappa shape index (κ2) is 6.05. The number of hydrogen-bond donors (Lipinski definition) is 1. The first kappa shape index (κ1) is 15.5. The molecule has 1 rings (SSSR count). The first-order valence-corrected chi connectivity index (χ1v) is 6.91. The van der Waals surface area contributed by atoms with Crippen molar-refractivity contribution in [3.63, 3.8) is 0 Å². The Hall–Kier alpha value is -0.570. The third kappa shape index (κ3) is 3.47. The highest BCUT2D eigenvalue weighted by Gasteiger charge is 2.30. The van der Waals surface area contributed by atoms with Crippen LogP contribution in [0, 0.1) is 0 Å². The smallest absolute Gasteiger partial charge is 0.0498 e. The van der Waals surface area contributed by atoms with E-state index < -0.39 is 0 Å². The minimum absolute atomic E-state index is 0.0713. The molecule has 0 aliphatic carbocycles. The van der Waals surface area contributed by atoms with Gasteiger partial charge in [0.2, 0.25) is 0 Å². The molecular formula is C15H25ClN2. The van der Waals surface area contributed by atoms with Gasteiger partial charge in [-0.05, 0) is 51.9 Å². The van der Waals surface area contributed by atoms with Crippen LogP contribution < -0.4 is 5.73 Å². The SMILES string of the molecule is CCC(C)(C)N(C)C(c1ccc(Cl)cc1)C(C)N. The molecule has 1 aromatic rings. The molecule has 0 heterocycles. The lowest BCUT2D eigenvalue weighted by Crippen LogP contribution is -2.48. The van der Waals surface area contributed by atoms with Gasteiger partial charge >= 0.3 is 0 Å². The number of halogens is 1. The Kier molecular flexibility index (Phi) is 5.20. The Balaban J connectivity index is 3.07. The molecule has 102 valence electrons. The summed E-state index contributed by atoms with van der Waals surface area (Å²) in [6.07, 6.45) is 1.08. The van der Waals surface area contributed by atoms with Gasteiger partial charge in [0.15, 0.2) is 0 Å². The molecule has 18 heavy (non-hydrogen) atoms. The maximum Gasteiger partial charge on any atom is 0.0498 e. The van der Waals surface area contributed by atoms with Crippen molar-refractivity contribution in [3.05, 3.63) is 34.9 Å². The van der Waals surface area contributed by atoms with E-state index in [4.69, 9.17) is 17.3 Å². The zero-order chi connectivity index (χ0) is 13.9. The molecule has 2 atom stereocenters. The normalized spacial score (nSPS) is 15.8. The molecule has 2 unspecified atom stereocenters. The predicted octanol–water partition coefficient (Wildman–Crippen LogP) is 3.85. The molecule has 0 radical (unpaired) electrons. The summed E-state index contributed by atoms with van der Waals surface area (Å²) in [4.78, 5) is 2.36. The molecule has 0 saturated carbocycles. The Morgan fingerprint density at radius 1 is 1.28 bits per heavy atom. The van der Waals surface area contributed by atoms with Crippen molar-refractivity contribution in [2.24, 2.45) is 5.73 Å². The van der Waals surface area contributed by atoms with E-state index in [0.717, 1.165) is 11.4 Å². The molecular weight excluding hydrogens is 244 g/mol. The van der Waals surface area contributed by atoms with Crippen molar-refractivity contribution in [1.29, 1.82) is 0 Å². The summed E-state index contributed by atoms with van der Waals surface area (Å²) in [6, 6.07) is 8.27. The van der Waals surface area contributed by atoms with Crippen molar-refractivity contribution >= 4 is 11.6 Å². The van der Waals surface area contributed by atoms with Crippen molar-refractivity contribution in [3.8, 4) is 0 Å². The molecule has 0 amide bonds. The molecule has 0 aliphatic heterocycles. The molecule has 2 nitrogen and oxygen atoms in total. The monoisotopic (exact) mass is 268 g/mol. The number of nitrogens with two attached hydrogens (primary N) is 1. The highest BCUT2D eigenvalue weighted by Crippen LogP contribution is 2.31. The van der Waals surface area contributed by atoms with E-state index >= 15 is 0 Å². The van der Waals surface area contributed by atoms with E-state index in [-0.39, 0.29) is 17.6 Å². The van der Waals surface area contributed by atoms with E-state index in [2.05, 4.69) is 51.8 Å². The van der Waals surface area contributed by atoms with Gasteiger partial charge in [0.1, 0.15) is 0 Å². The fourth-order valence-corrected chi connectivity index (χ4v) is 2.29. The molecule has 2 N–H and O–H groups in total. The Morgan fingerprint density at radius 3 is 2.17 bits per heavy atom. The highest BCUT2D eigenvalue weighted by molar-refractivity contribution is 6.30. The molecule has 1 aromatic carbocycles. The van der Waals surface area contributed by atoms with Crippen LogP contribution in [0.3, 0.4) is 0 Å². The fraction of sp³-hybridized carbons (Fsp3) is 0.600. The van der Waals surface area contributed by atoms with Crippen LogP contribution in [0.5, 0.6) is 0 Å². The van der Waals surface area contributed by atoms with Crippen LogP contribution in [0.4, 0.5) is 0 Å². The number of rotatable bonds is 5. The lowest BCUT2D eigenvalue weighted by atomic mass is 9.92. The maximum absolute atomic E-state index is 6.18. The summed E-state index contributed by atoms with van der Waals surface area (Å²) >= 11 is 5.95. The van der Waals surface area contributed by atoms with Crippen LogP contribution in [0.25, 0.3) is 0 Å². The average Bonchev–Trinajstić information content (AvgIpc) is 2.31. The number of nitrogens with zero attached hydrogens (tertiary/aromatic N) is 1. The van der Waals surface area contributed by atoms with E-state index in [0.29, 0.717) is 0 Å². The summed E-state index contributed by atoms with van der Waals surface area (Å²) in [5.41, 5.74) is 7.53. The molecule has 3 heteroatoms. The van der Waals surface area contributed by atoms with Gasteiger partial charge in [-0.1, -0.05) is 30.7 Å². The number of likely N-dealkylation sites (N-methyl/N-ethyl adjacent to an activating group) is 1. The summed E-state index contributed by atoms with van der Waals surface area (Å²) < 4.78 is 0. The largest absolute Gasteiger partial charge is 0.326 e. The van der Waals surface area contributed by atoms with Gasteiger partial charge in [-0.15, -0.1) is 0 Å². The lowest BCUT2D eigenvalue weighted by Gasteiger charge is -2.42. The minimum Gasteiger partial charge on any atom is -0.326 e. The summed E-state index contributed by atoms with van der Waals surface area (Å²) in [5, 5.41) is 0.763. The maximum atomic E-state index is 6.18. The fourth-order valence-electron chi connectivity index (χ4n) is 2.17. The van der Waals surface area contributed by atoms with Crippen LogP contribution in [-0.4, -0.2) is 23.5 Å². The van der Waals surface area contributed by atoms with Gasteiger partial charge in [-0.2, -0.15) is 0 Å². The van der Waals surface area contributed by atoms with Crippen LogP contribution in [0.15, 0.2) is 24.3 Å². The van der Waals surface area contributed by atoms with Crippen LogP contribution in [0.1, 0.15) is 45.7 Å². The Labute approximate surface area is 116 Å². The first-order chi connectivity index (χ1) is 8.29. The van der Waals surface area contributed by atoms with E-state index in [1.807, 2.05) is 12.1 Å². The van der Waals surface area contributed by atoms with Crippen molar-refractivity contribution in [2.45, 2.75) is 51.7 Å². The van der Waals surface area contributed by atoms with Gasteiger partial charge in [0.25, 0.3) is 0 Å². The van der Waals surface area contributed by atoms with Gasteiger partial charge in [-0.3, -0.25) is 4.90 Å². The summed E-state index contributed by atoms with van der Waals surface area (Å²) in [7, 11) is 2.14. The molecule has 0 fully saturated rings. The van der Waals surface area contributed by atoms with Gasteiger partial charge < -0.3 is 5.73 Å². The summed E-state index contributed by atoms with van der Waals surface area (Å²) in [6.45, 7) is 8.76. The minimum atomic E-state index is 0.0713. The quantitative estimate of drug-likeness (QED) is 0.879. The highest BCUT2D eigenvalue weighted by atomic mass is 35.5. The first-order valence-electron chi connectivity index (χ1n) is 6.53. The van der Waals surface area contributed by atoms with E-state index in [1.165, 1.54) is 5.56 Å². The number of benzene rings is 1. The number of hydrogen-bond acceptors (Lipinski definition) is 2. The van der Waals surface area contributed by atoms with Gasteiger partial charge in [-0.25, -0.2) is 0 Å². The van der Waals surface area contributed by atoms with E-state index in [9.17, 15) is 0 Å². The van der Waals surface area contributed by atoms with Crippen LogP contribution in [-0.2, 0) is 0 Å². The molecule has 0 saturated heterocycles. The predicted molar refractivity (Wildman–Crippen MR) is 80.0 cm³/mol. The Morgan fingerprint density at radius 2 is 1.78 bits per heavy atom. The summed E-state index contributed by atoms with van der Waals surface area (Å²) in [5.74, 6) is 0. The second-order valence-electron chi connectivity index (χ2n) is 5.63. The van der Waals surface area contributed by atoms with E-state index in [1.54, 1.807) is 0 Å². The zero-order valence-electron chi connectivity index (χ0n) is 12.1. The van der Waals surface area contributed by atoms with Gasteiger partial charge in [0.05, 0.1) is 0 Å². The van der Waals surface area contributed by atoms with Crippen molar-refractivity contribution < 1.29 is 0 Å². The zero-order valence-corrected chi connectivity index (χ0v) is 12.8. The second-order valence-corrected chi connectivity index (χ2v) is 6.07. The van der Waals surface area contributed by atoms with Crippen molar-refractivity contribution in [2.75, 3.05) is 7.05 Å². The molecule has 0 spiro atoms.